The molecule has 0 heterocycles. The zero-order valence-electron chi connectivity index (χ0n) is 9.47. The molecule has 0 aromatic rings. The molecule has 0 nitrogen and oxygen atoms in total. The second-order valence-electron chi connectivity index (χ2n) is 3.53. The van der Waals surface area contributed by atoms with Gasteiger partial charge in [-0.2, -0.15) is 0 Å². The predicted molar refractivity (Wildman–Crippen MR) is 61.9 cm³/mol. The predicted octanol–water partition coefficient (Wildman–Crippen LogP) is 4.87. The van der Waals surface area contributed by atoms with Crippen LogP contribution in [0.25, 0.3) is 0 Å². The summed E-state index contributed by atoms with van der Waals surface area (Å²) >= 11 is 0. The van der Waals surface area contributed by atoms with E-state index in [0.717, 1.165) is 0 Å². The quantitative estimate of drug-likeness (QED) is 0.387. The van der Waals surface area contributed by atoms with E-state index in [1.54, 1.807) is 0 Å². The van der Waals surface area contributed by atoms with Crippen LogP contribution in [0.2, 0.25) is 0 Å². The molecule has 0 aromatic heterocycles. The fraction of sp³-hybridized carbons (Fsp3) is 0.692. The molecule has 0 aliphatic rings. The van der Waals surface area contributed by atoms with Crippen molar-refractivity contribution in [3.05, 3.63) is 23.8 Å². The van der Waals surface area contributed by atoms with Crippen LogP contribution in [0.5, 0.6) is 0 Å². The van der Waals surface area contributed by atoms with Gasteiger partial charge >= 0.3 is 0 Å². The molecular formula is C13H24. The summed E-state index contributed by atoms with van der Waals surface area (Å²) in [6.45, 7) is 6.47. The van der Waals surface area contributed by atoms with E-state index in [0.29, 0.717) is 0 Å². The molecule has 0 unspecified atom stereocenters. The van der Waals surface area contributed by atoms with Crippen LogP contribution in [-0.4, -0.2) is 0 Å². The van der Waals surface area contributed by atoms with Crippen LogP contribution < -0.4 is 0 Å². The molecule has 0 amide bonds. The van der Waals surface area contributed by atoms with Gasteiger partial charge in [0.25, 0.3) is 0 Å². The minimum Gasteiger partial charge on any atom is -0.0874 e. The van der Waals surface area contributed by atoms with E-state index in [1.807, 2.05) is 0 Å². The zero-order chi connectivity index (χ0) is 9.94. The summed E-state index contributed by atoms with van der Waals surface area (Å²) in [5.41, 5.74) is 1.49. The average Bonchev–Trinajstić information content (AvgIpc) is 2.16. The summed E-state index contributed by atoms with van der Waals surface area (Å²) in [6, 6.07) is 0. The monoisotopic (exact) mass is 180 g/mol. The number of allylic oxidation sites excluding steroid dienone is 4. The summed E-state index contributed by atoms with van der Waals surface area (Å²) in [5.74, 6) is 0. The van der Waals surface area contributed by atoms with Gasteiger partial charge in [-0.1, -0.05) is 56.4 Å². The summed E-state index contributed by atoms with van der Waals surface area (Å²) in [5, 5.41) is 0. The SMILES string of the molecule is CC=CC(=CC)CCCCCCC. The van der Waals surface area contributed by atoms with Crippen LogP contribution in [-0.2, 0) is 0 Å². The number of hydrogen-bond donors (Lipinski definition) is 0. The largest absolute Gasteiger partial charge is 0.0874 e. The molecule has 76 valence electrons. The molecule has 13 heavy (non-hydrogen) atoms. The van der Waals surface area contributed by atoms with E-state index in [-0.39, 0.29) is 0 Å². The molecule has 0 aliphatic carbocycles. The van der Waals surface area contributed by atoms with Gasteiger partial charge < -0.3 is 0 Å². The van der Waals surface area contributed by atoms with Gasteiger partial charge in [-0.15, -0.1) is 0 Å². The number of hydrogen-bond acceptors (Lipinski definition) is 0. The Kier molecular flexibility index (Phi) is 9.18. The standard InChI is InChI=1S/C13H24/c1-4-7-8-9-10-12-13(6-3)11-5-2/h5-6,11H,4,7-10,12H2,1-3H3. The summed E-state index contributed by atoms with van der Waals surface area (Å²) < 4.78 is 0. The van der Waals surface area contributed by atoms with Crippen molar-refractivity contribution in [2.24, 2.45) is 0 Å². The maximum Gasteiger partial charge on any atom is -0.0282 e. The van der Waals surface area contributed by atoms with Crippen molar-refractivity contribution in [1.82, 2.24) is 0 Å². The highest BCUT2D eigenvalue weighted by molar-refractivity contribution is 5.16. The minimum atomic E-state index is 1.25. The van der Waals surface area contributed by atoms with E-state index in [4.69, 9.17) is 0 Å². The Morgan fingerprint density at radius 2 is 1.69 bits per heavy atom. The molecule has 0 bridgehead atoms. The Morgan fingerprint density at radius 3 is 2.23 bits per heavy atom. The molecular weight excluding hydrogens is 156 g/mol. The fourth-order valence-electron chi connectivity index (χ4n) is 1.47. The van der Waals surface area contributed by atoms with E-state index >= 15 is 0 Å². The highest BCUT2D eigenvalue weighted by atomic mass is 14.0. The molecule has 0 rings (SSSR count). The second kappa shape index (κ2) is 9.57. The third-order valence-electron chi connectivity index (χ3n) is 2.32. The van der Waals surface area contributed by atoms with E-state index in [2.05, 4.69) is 39.0 Å². The van der Waals surface area contributed by atoms with Crippen molar-refractivity contribution in [3.63, 3.8) is 0 Å². The number of rotatable bonds is 7. The lowest BCUT2D eigenvalue weighted by Crippen LogP contribution is -1.81. The van der Waals surface area contributed by atoms with Crippen LogP contribution in [0.3, 0.4) is 0 Å². The van der Waals surface area contributed by atoms with E-state index < -0.39 is 0 Å². The highest BCUT2D eigenvalue weighted by Crippen LogP contribution is 2.11. The van der Waals surface area contributed by atoms with Crippen molar-refractivity contribution in [2.75, 3.05) is 0 Å². The third-order valence-corrected chi connectivity index (χ3v) is 2.32. The lowest BCUT2D eigenvalue weighted by molar-refractivity contribution is 0.633. The lowest BCUT2D eigenvalue weighted by Gasteiger charge is -2.01. The molecule has 0 aliphatic heterocycles. The molecule has 0 spiro atoms. The van der Waals surface area contributed by atoms with E-state index in [1.165, 1.54) is 44.1 Å². The Labute approximate surface area is 83.7 Å². The normalized spacial score (nSPS) is 12.7. The zero-order valence-corrected chi connectivity index (χ0v) is 9.47. The van der Waals surface area contributed by atoms with Gasteiger partial charge in [-0.05, 0) is 26.7 Å². The van der Waals surface area contributed by atoms with Crippen molar-refractivity contribution in [2.45, 2.75) is 59.3 Å². The van der Waals surface area contributed by atoms with Crippen LogP contribution in [0.1, 0.15) is 59.3 Å². The second-order valence-corrected chi connectivity index (χ2v) is 3.53. The van der Waals surface area contributed by atoms with Gasteiger partial charge in [-0.25, -0.2) is 0 Å². The highest BCUT2D eigenvalue weighted by Gasteiger charge is 1.91. The lowest BCUT2D eigenvalue weighted by atomic mass is 10.1. The van der Waals surface area contributed by atoms with Gasteiger partial charge in [0.2, 0.25) is 0 Å². The van der Waals surface area contributed by atoms with Gasteiger partial charge in [0.05, 0.1) is 0 Å². The molecule has 0 N–H and O–H groups in total. The fourth-order valence-corrected chi connectivity index (χ4v) is 1.47. The Balaban J connectivity index is 3.40. The third kappa shape index (κ3) is 7.83. The topological polar surface area (TPSA) is 0 Å². The average molecular weight is 180 g/mol. The van der Waals surface area contributed by atoms with Crippen LogP contribution in [0.4, 0.5) is 0 Å². The van der Waals surface area contributed by atoms with Crippen LogP contribution in [0.15, 0.2) is 23.8 Å². The van der Waals surface area contributed by atoms with E-state index in [9.17, 15) is 0 Å². The maximum absolute atomic E-state index is 2.26. The van der Waals surface area contributed by atoms with Crippen LogP contribution in [0, 0.1) is 0 Å². The van der Waals surface area contributed by atoms with Gasteiger partial charge in [0, 0.05) is 0 Å². The van der Waals surface area contributed by atoms with Gasteiger partial charge in [0.15, 0.2) is 0 Å². The smallest absolute Gasteiger partial charge is 0.0282 e. The Morgan fingerprint density at radius 1 is 1.00 bits per heavy atom. The van der Waals surface area contributed by atoms with Gasteiger partial charge in [0.1, 0.15) is 0 Å². The summed E-state index contributed by atoms with van der Waals surface area (Å²) in [7, 11) is 0. The molecule has 0 aromatic carbocycles. The van der Waals surface area contributed by atoms with Crippen molar-refractivity contribution < 1.29 is 0 Å². The summed E-state index contributed by atoms with van der Waals surface area (Å²) in [4.78, 5) is 0. The molecule has 0 saturated heterocycles. The minimum absolute atomic E-state index is 1.25. The first-order valence-electron chi connectivity index (χ1n) is 5.63. The summed E-state index contributed by atoms with van der Waals surface area (Å²) in [6.07, 6.45) is 14.7. The molecule has 0 fully saturated rings. The van der Waals surface area contributed by atoms with Crippen molar-refractivity contribution >= 4 is 0 Å². The van der Waals surface area contributed by atoms with Crippen LogP contribution >= 0.6 is 0 Å². The molecule has 0 saturated carbocycles. The first kappa shape index (κ1) is 12.5. The first-order chi connectivity index (χ1) is 6.35. The van der Waals surface area contributed by atoms with Crippen molar-refractivity contribution in [3.8, 4) is 0 Å². The molecule has 0 atom stereocenters. The first-order valence-corrected chi connectivity index (χ1v) is 5.63. The van der Waals surface area contributed by atoms with Gasteiger partial charge in [-0.3, -0.25) is 0 Å². The molecule has 0 heteroatoms. The maximum atomic E-state index is 2.26. The van der Waals surface area contributed by atoms with Crippen molar-refractivity contribution in [1.29, 1.82) is 0 Å². The molecule has 0 radical (unpaired) electrons. The Bertz CT molecular complexity index is 151. The number of unbranched alkanes of at least 4 members (excludes halogenated alkanes) is 4. The Hall–Kier alpha value is -0.520.